The van der Waals surface area contributed by atoms with Crippen molar-refractivity contribution in [2.45, 2.75) is 58.1 Å². The fourth-order valence-electron chi connectivity index (χ4n) is 3.65. The minimum Gasteiger partial charge on any atom is -0.303 e. The van der Waals surface area contributed by atoms with Gasteiger partial charge in [-0.3, -0.25) is 0 Å². The molecule has 0 aromatic heterocycles. The maximum absolute atomic E-state index is 11.7. The molecule has 0 aromatic rings. The van der Waals surface area contributed by atoms with Gasteiger partial charge in [0.1, 0.15) is 6.29 Å². The largest absolute Gasteiger partial charge is 0.303 e. The number of hydrogen-bond donors (Lipinski definition) is 0. The predicted molar refractivity (Wildman–Crippen MR) is 74.2 cm³/mol. The average Bonchev–Trinajstić information content (AvgIpc) is 2.12. The van der Waals surface area contributed by atoms with E-state index in [0.717, 1.165) is 19.1 Å². The highest BCUT2D eigenvalue weighted by Gasteiger charge is 2.34. The Morgan fingerprint density at radius 1 is 1.33 bits per heavy atom. The molecule has 4 heteroatoms. The van der Waals surface area contributed by atoms with Gasteiger partial charge in [-0.25, -0.2) is 8.42 Å². The summed E-state index contributed by atoms with van der Waals surface area (Å²) in [6.07, 6.45) is 6.15. The SMILES string of the molecule is CC1CC(CC(CC=O)S(C)(=O)=O)CC(C)(C)C1. The van der Waals surface area contributed by atoms with E-state index in [1.165, 1.54) is 12.7 Å². The van der Waals surface area contributed by atoms with Crippen LogP contribution in [0.2, 0.25) is 0 Å². The first-order valence-corrected chi connectivity index (χ1v) is 8.72. The maximum atomic E-state index is 11.7. The molecule has 1 saturated carbocycles. The van der Waals surface area contributed by atoms with Crippen LogP contribution in [0.4, 0.5) is 0 Å². The minimum atomic E-state index is -3.11. The van der Waals surface area contributed by atoms with E-state index >= 15 is 0 Å². The molecule has 1 fully saturated rings. The van der Waals surface area contributed by atoms with Crippen LogP contribution in [0.15, 0.2) is 0 Å². The molecule has 0 aliphatic heterocycles. The van der Waals surface area contributed by atoms with Crippen molar-refractivity contribution in [3.8, 4) is 0 Å². The van der Waals surface area contributed by atoms with Gasteiger partial charge in [0.05, 0.1) is 5.25 Å². The number of carbonyl (C=O) groups excluding carboxylic acids is 1. The van der Waals surface area contributed by atoms with Crippen molar-refractivity contribution in [2.75, 3.05) is 6.26 Å². The summed E-state index contributed by atoms with van der Waals surface area (Å²) >= 11 is 0. The molecule has 3 nitrogen and oxygen atoms in total. The van der Waals surface area contributed by atoms with Gasteiger partial charge in [-0.2, -0.15) is 0 Å². The Morgan fingerprint density at radius 2 is 1.94 bits per heavy atom. The summed E-state index contributed by atoms with van der Waals surface area (Å²) < 4.78 is 23.4. The van der Waals surface area contributed by atoms with E-state index < -0.39 is 15.1 Å². The van der Waals surface area contributed by atoms with E-state index in [0.29, 0.717) is 23.7 Å². The maximum Gasteiger partial charge on any atom is 0.150 e. The normalized spacial score (nSPS) is 29.8. The van der Waals surface area contributed by atoms with Crippen LogP contribution < -0.4 is 0 Å². The summed E-state index contributed by atoms with van der Waals surface area (Å²) in [7, 11) is -3.11. The highest BCUT2D eigenvalue weighted by atomic mass is 32.2. The molecule has 0 radical (unpaired) electrons. The van der Waals surface area contributed by atoms with Crippen LogP contribution in [0.5, 0.6) is 0 Å². The lowest BCUT2D eigenvalue weighted by atomic mass is 9.67. The second-order valence-corrected chi connectivity index (χ2v) is 9.19. The number of aldehydes is 1. The number of sulfone groups is 1. The molecule has 0 N–H and O–H groups in total. The Hall–Kier alpha value is -0.380. The van der Waals surface area contributed by atoms with Crippen LogP contribution >= 0.6 is 0 Å². The van der Waals surface area contributed by atoms with E-state index in [4.69, 9.17) is 0 Å². The van der Waals surface area contributed by atoms with Gasteiger partial charge in [0.2, 0.25) is 0 Å². The van der Waals surface area contributed by atoms with Crippen LogP contribution in [0.25, 0.3) is 0 Å². The van der Waals surface area contributed by atoms with Crippen LogP contribution in [-0.4, -0.2) is 26.2 Å². The molecule has 0 aromatic carbocycles. The lowest BCUT2D eigenvalue weighted by molar-refractivity contribution is -0.107. The highest BCUT2D eigenvalue weighted by Crippen LogP contribution is 2.43. The molecule has 3 atom stereocenters. The molecule has 0 bridgehead atoms. The second kappa shape index (κ2) is 5.72. The van der Waals surface area contributed by atoms with Crippen molar-refractivity contribution in [1.29, 1.82) is 0 Å². The summed E-state index contributed by atoms with van der Waals surface area (Å²) in [5.74, 6) is 1.08. The smallest absolute Gasteiger partial charge is 0.150 e. The minimum absolute atomic E-state index is 0.143. The summed E-state index contributed by atoms with van der Waals surface area (Å²) in [5.41, 5.74) is 0.297. The van der Waals surface area contributed by atoms with Gasteiger partial charge in [0.25, 0.3) is 0 Å². The van der Waals surface area contributed by atoms with Gasteiger partial charge < -0.3 is 4.79 Å². The second-order valence-electron chi connectivity index (χ2n) is 6.87. The predicted octanol–water partition coefficient (Wildman–Crippen LogP) is 2.84. The zero-order valence-electron chi connectivity index (χ0n) is 12.0. The average molecular weight is 274 g/mol. The Kier molecular flexibility index (Phi) is 4.98. The first-order valence-electron chi connectivity index (χ1n) is 6.76. The van der Waals surface area contributed by atoms with Crippen molar-refractivity contribution < 1.29 is 13.2 Å². The van der Waals surface area contributed by atoms with Crippen molar-refractivity contribution in [3.05, 3.63) is 0 Å². The zero-order chi connectivity index (χ0) is 14.0. The number of rotatable bonds is 5. The molecule has 1 aliphatic carbocycles. The molecule has 0 spiro atoms. The van der Waals surface area contributed by atoms with Gasteiger partial charge in [0.15, 0.2) is 9.84 Å². The Morgan fingerprint density at radius 3 is 2.39 bits per heavy atom. The lowest BCUT2D eigenvalue weighted by Gasteiger charge is -2.40. The van der Waals surface area contributed by atoms with Gasteiger partial charge in [-0.05, 0) is 42.9 Å². The van der Waals surface area contributed by atoms with Crippen LogP contribution in [-0.2, 0) is 14.6 Å². The number of hydrogen-bond acceptors (Lipinski definition) is 3. The van der Waals surface area contributed by atoms with Crippen LogP contribution in [0.3, 0.4) is 0 Å². The fraction of sp³-hybridized carbons (Fsp3) is 0.929. The summed E-state index contributed by atoms with van der Waals surface area (Å²) in [6, 6.07) is 0. The Balaban J connectivity index is 2.72. The van der Waals surface area contributed by atoms with Gasteiger partial charge in [-0.15, -0.1) is 0 Å². The Labute approximate surface area is 111 Å². The first-order chi connectivity index (χ1) is 8.14. The quantitative estimate of drug-likeness (QED) is 0.724. The third kappa shape index (κ3) is 4.71. The third-order valence-corrected chi connectivity index (χ3v) is 5.63. The van der Waals surface area contributed by atoms with E-state index in [-0.39, 0.29) is 6.42 Å². The number of carbonyl (C=O) groups is 1. The van der Waals surface area contributed by atoms with Crippen LogP contribution in [0, 0.1) is 17.3 Å². The molecule has 1 rings (SSSR count). The molecular formula is C14H26O3S. The van der Waals surface area contributed by atoms with Crippen molar-refractivity contribution >= 4 is 16.1 Å². The van der Waals surface area contributed by atoms with Gasteiger partial charge >= 0.3 is 0 Å². The van der Waals surface area contributed by atoms with E-state index in [9.17, 15) is 13.2 Å². The lowest BCUT2D eigenvalue weighted by Crippen LogP contribution is -2.32. The van der Waals surface area contributed by atoms with E-state index in [1.807, 2.05) is 0 Å². The monoisotopic (exact) mass is 274 g/mol. The van der Waals surface area contributed by atoms with Crippen molar-refractivity contribution in [1.82, 2.24) is 0 Å². The molecule has 18 heavy (non-hydrogen) atoms. The van der Waals surface area contributed by atoms with Crippen LogP contribution in [0.1, 0.15) is 52.9 Å². The van der Waals surface area contributed by atoms with Gasteiger partial charge in [-0.1, -0.05) is 20.8 Å². The van der Waals surface area contributed by atoms with Gasteiger partial charge in [0, 0.05) is 12.7 Å². The Bertz CT molecular complexity index is 384. The fourth-order valence-corrected chi connectivity index (χ4v) is 4.70. The summed E-state index contributed by atoms with van der Waals surface area (Å²) in [6.45, 7) is 6.75. The van der Waals surface area contributed by atoms with Crippen molar-refractivity contribution in [3.63, 3.8) is 0 Å². The summed E-state index contributed by atoms with van der Waals surface area (Å²) in [5, 5.41) is -0.485. The van der Waals surface area contributed by atoms with E-state index in [1.54, 1.807) is 0 Å². The standard InChI is InChI=1S/C14H26O3S/c1-11-7-12(10-14(2,3)9-11)8-13(5-6-15)18(4,16)17/h6,11-13H,5,7-10H2,1-4H3. The topological polar surface area (TPSA) is 51.2 Å². The zero-order valence-corrected chi connectivity index (χ0v) is 12.8. The third-order valence-electron chi connectivity index (χ3n) is 4.04. The molecule has 1 aliphatic rings. The molecule has 106 valence electrons. The summed E-state index contributed by atoms with van der Waals surface area (Å²) in [4.78, 5) is 10.6. The van der Waals surface area contributed by atoms with E-state index in [2.05, 4.69) is 20.8 Å². The first kappa shape index (κ1) is 15.7. The molecule has 3 unspecified atom stereocenters. The molecule has 0 saturated heterocycles. The highest BCUT2D eigenvalue weighted by molar-refractivity contribution is 7.91. The molecule has 0 amide bonds. The van der Waals surface area contributed by atoms with Crippen molar-refractivity contribution in [2.24, 2.45) is 17.3 Å². The molecule has 0 heterocycles. The molecular weight excluding hydrogens is 248 g/mol.